The van der Waals surface area contributed by atoms with Crippen LogP contribution in [0.15, 0.2) is 9.85 Å². The number of hydrogen-bond donors (Lipinski definition) is 1. The van der Waals surface area contributed by atoms with Crippen LogP contribution in [0.25, 0.3) is 0 Å². The Balaban J connectivity index is 1.79. The van der Waals surface area contributed by atoms with E-state index in [1.807, 2.05) is 33.8 Å². The lowest BCUT2D eigenvalue weighted by Gasteiger charge is -2.24. The molecule has 128 valence electrons. The Hall–Kier alpha value is -1.08. The molecule has 0 aromatic carbocycles. The minimum atomic E-state index is -0.478. The van der Waals surface area contributed by atoms with Gasteiger partial charge in [0.2, 0.25) is 0 Å². The molecule has 1 atom stereocenters. The highest BCUT2D eigenvalue weighted by molar-refractivity contribution is 9.11. The summed E-state index contributed by atoms with van der Waals surface area (Å²) < 4.78 is 6.36. The Kier molecular flexibility index (Phi) is 5.73. The fourth-order valence-corrected chi connectivity index (χ4v) is 3.84. The third-order valence-electron chi connectivity index (χ3n) is 3.57. The fraction of sp³-hybridized carbons (Fsp3) is 0.625. The summed E-state index contributed by atoms with van der Waals surface area (Å²) >= 11 is 4.87. The number of carbonyl (C=O) groups is 2. The van der Waals surface area contributed by atoms with E-state index in [9.17, 15) is 9.59 Å². The van der Waals surface area contributed by atoms with E-state index < -0.39 is 5.60 Å². The average molecular weight is 403 g/mol. The SMILES string of the molecule is Cc1cc(C(=O)NC[C@H]2CCN(C(=O)OC(C)(C)C)C2)sc1Br. The van der Waals surface area contributed by atoms with E-state index in [1.165, 1.54) is 11.3 Å². The van der Waals surface area contributed by atoms with Crippen molar-refractivity contribution in [1.29, 1.82) is 0 Å². The third kappa shape index (κ3) is 5.21. The number of ether oxygens (including phenoxy) is 1. The molecule has 5 nitrogen and oxygen atoms in total. The monoisotopic (exact) mass is 402 g/mol. The van der Waals surface area contributed by atoms with Crippen LogP contribution in [0.5, 0.6) is 0 Å². The number of nitrogens with one attached hydrogen (secondary N) is 1. The van der Waals surface area contributed by atoms with Gasteiger partial charge in [0.25, 0.3) is 5.91 Å². The number of halogens is 1. The van der Waals surface area contributed by atoms with Crippen molar-refractivity contribution in [3.8, 4) is 0 Å². The zero-order chi connectivity index (χ0) is 17.2. The van der Waals surface area contributed by atoms with Crippen LogP contribution >= 0.6 is 27.3 Å². The molecule has 1 saturated heterocycles. The molecule has 2 heterocycles. The van der Waals surface area contributed by atoms with E-state index >= 15 is 0 Å². The van der Waals surface area contributed by atoms with E-state index in [1.54, 1.807) is 4.90 Å². The maximum atomic E-state index is 12.1. The van der Waals surface area contributed by atoms with Gasteiger partial charge in [-0.05, 0) is 67.6 Å². The molecule has 0 unspecified atom stereocenters. The number of hydrogen-bond acceptors (Lipinski definition) is 4. The van der Waals surface area contributed by atoms with Gasteiger partial charge in [-0.15, -0.1) is 11.3 Å². The molecular formula is C16H23BrN2O3S. The van der Waals surface area contributed by atoms with Crippen molar-refractivity contribution >= 4 is 39.3 Å². The second-order valence-corrected chi connectivity index (χ2v) is 9.23. The quantitative estimate of drug-likeness (QED) is 0.835. The Bertz CT molecular complexity index is 575. The molecular weight excluding hydrogens is 380 g/mol. The zero-order valence-corrected chi connectivity index (χ0v) is 16.3. The van der Waals surface area contributed by atoms with Gasteiger partial charge in [0, 0.05) is 19.6 Å². The first-order valence-electron chi connectivity index (χ1n) is 7.68. The number of carbonyl (C=O) groups excluding carboxylic acids is 2. The Morgan fingerprint density at radius 3 is 2.74 bits per heavy atom. The number of aryl methyl sites for hydroxylation is 1. The summed E-state index contributed by atoms with van der Waals surface area (Å²) in [5.74, 6) is 0.218. The normalized spacial score (nSPS) is 18.1. The highest BCUT2D eigenvalue weighted by Crippen LogP contribution is 2.27. The smallest absolute Gasteiger partial charge is 0.410 e. The van der Waals surface area contributed by atoms with Crippen LogP contribution in [0, 0.1) is 12.8 Å². The molecule has 1 aliphatic heterocycles. The summed E-state index contributed by atoms with van der Waals surface area (Å²) in [5, 5.41) is 2.96. The van der Waals surface area contributed by atoms with Gasteiger partial charge in [0.05, 0.1) is 8.66 Å². The molecule has 0 radical (unpaired) electrons. The third-order valence-corrected chi connectivity index (χ3v) is 5.71. The van der Waals surface area contributed by atoms with Crippen LogP contribution < -0.4 is 5.32 Å². The minimum absolute atomic E-state index is 0.0560. The highest BCUT2D eigenvalue weighted by atomic mass is 79.9. The van der Waals surface area contributed by atoms with Crippen LogP contribution in [0.2, 0.25) is 0 Å². The molecule has 7 heteroatoms. The lowest BCUT2D eigenvalue weighted by molar-refractivity contribution is 0.0288. The van der Waals surface area contributed by atoms with Crippen molar-refractivity contribution in [1.82, 2.24) is 10.2 Å². The van der Waals surface area contributed by atoms with Crippen LogP contribution in [-0.2, 0) is 4.74 Å². The molecule has 0 saturated carbocycles. The maximum Gasteiger partial charge on any atom is 0.410 e. The maximum absolute atomic E-state index is 12.1. The highest BCUT2D eigenvalue weighted by Gasteiger charge is 2.30. The molecule has 1 aromatic heterocycles. The number of likely N-dealkylation sites (tertiary alicyclic amines) is 1. The molecule has 0 spiro atoms. The fourth-order valence-electron chi connectivity index (χ4n) is 2.39. The van der Waals surface area contributed by atoms with Gasteiger partial charge in [0.1, 0.15) is 5.60 Å². The van der Waals surface area contributed by atoms with Crippen molar-refractivity contribution in [2.75, 3.05) is 19.6 Å². The van der Waals surface area contributed by atoms with Crippen LogP contribution in [0.3, 0.4) is 0 Å². The van der Waals surface area contributed by atoms with Crippen molar-refractivity contribution < 1.29 is 14.3 Å². The van der Waals surface area contributed by atoms with Gasteiger partial charge in [-0.25, -0.2) is 4.79 Å². The van der Waals surface area contributed by atoms with E-state index in [0.717, 1.165) is 15.8 Å². The standard InChI is InChI=1S/C16H23BrN2O3S/c1-10-7-12(23-13(10)17)14(20)18-8-11-5-6-19(9-11)15(21)22-16(2,3)4/h7,11H,5-6,8-9H2,1-4H3,(H,18,20)/t11-/m1/s1. The largest absolute Gasteiger partial charge is 0.444 e. The van der Waals surface area contributed by atoms with Gasteiger partial charge in [-0.1, -0.05) is 0 Å². The summed E-state index contributed by atoms with van der Waals surface area (Å²) in [6, 6.07) is 1.88. The van der Waals surface area contributed by atoms with Gasteiger partial charge in [-0.3, -0.25) is 4.79 Å². The van der Waals surface area contributed by atoms with Crippen LogP contribution in [0.1, 0.15) is 42.4 Å². The minimum Gasteiger partial charge on any atom is -0.444 e. The molecule has 1 aliphatic rings. The Labute approximate surface area is 149 Å². The summed E-state index contributed by atoms with van der Waals surface area (Å²) in [4.78, 5) is 26.6. The van der Waals surface area contributed by atoms with Gasteiger partial charge < -0.3 is 15.0 Å². The van der Waals surface area contributed by atoms with E-state index in [4.69, 9.17) is 4.74 Å². The summed E-state index contributed by atoms with van der Waals surface area (Å²) in [7, 11) is 0. The van der Waals surface area contributed by atoms with Gasteiger partial charge in [-0.2, -0.15) is 0 Å². The predicted molar refractivity (Wildman–Crippen MR) is 95.0 cm³/mol. The topological polar surface area (TPSA) is 58.6 Å². The molecule has 1 fully saturated rings. The number of amides is 2. The first kappa shape index (κ1) is 18.3. The first-order valence-corrected chi connectivity index (χ1v) is 9.28. The molecule has 2 amide bonds. The predicted octanol–water partition coefficient (Wildman–Crippen LogP) is 3.81. The second kappa shape index (κ2) is 7.21. The Morgan fingerprint density at radius 2 is 2.17 bits per heavy atom. The van der Waals surface area contributed by atoms with Crippen molar-refractivity contribution in [2.24, 2.45) is 5.92 Å². The van der Waals surface area contributed by atoms with Crippen molar-refractivity contribution in [2.45, 2.75) is 39.7 Å². The number of rotatable bonds is 3. The average Bonchev–Trinajstić information content (AvgIpc) is 3.02. The lowest BCUT2D eigenvalue weighted by Crippen LogP contribution is -2.36. The molecule has 1 aromatic rings. The lowest BCUT2D eigenvalue weighted by atomic mass is 10.1. The van der Waals surface area contributed by atoms with E-state index in [0.29, 0.717) is 24.5 Å². The molecule has 23 heavy (non-hydrogen) atoms. The van der Waals surface area contributed by atoms with E-state index in [-0.39, 0.29) is 17.9 Å². The van der Waals surface area contributed by atoms with Crippen LogP contribution in [0.4, 0.5) is 4.79 Å². The second-order valence-electron chi connectivity index (χ2n) is 6.86. The van der Waals surface area contributed by atoms with Gasteiger partial charge >= 0.3 is 6.09 Å². The number of nitrogens with zero attached hydrogens (tertiary/aromatic N) is 1. The molecule has 0 bridgehead atoms. The Morgan fingerprint density at radius 1 is 1.48 bits per heavy atom. The van der Waals surface area contributed by atoms with Crippen molar-refractivity contribution in [3.05, 3.63) is 20.3 Å². The van der Waals surface area contributed by atoms with Crippen molar-refractivity contribution in [3.63, 3.8) is 0 Å². The molecule has 0 aliphatic carbocycles. The molecule has 2 rings (SSSR count). The van der Waals surface area contributed by atoms with Crippen LogP contribution in [-0.4, -0.2) is 42.1 Å². The van der Waals surface area contributed by atoms with Gasteiger partial charge in [0.15, 0.2) is 0 Å². The first-order chi connectivity index (χ1) is 10.7. The number of thiophene rings is 1. The van der Waals surface area contributed by atoms with E-state index in [2.05, 4.69) is 21.2 Å². The zero-order valence-electron chi connectivity index (χ0n) is 13.9. The summed E-state index contributed by atoms with van der Waals surface area (Å²) in [5.41, 5.74) is 0.588. The summed E-state index contributed by atoms with van der Waals surface area (Å²) in [6.07, 6.45) is 0.608. The summed E-state index contributed by atoms with van der Waals surface area (Å²) in [6.45, 7) is 9.43. The molecule has 1 N–H and O–H groups in total.